The van der Waals surface area contributed by atoms with Crippen LogP contribution in [0.25, 0.3) is 0 Å². The molecule has 11 nitrogen and oxygen atoms in total. The number of ether oxygens (including phenoxy) is 3. The summed E-state index contributed by atoms with van der Waals surface area (Å²) < 4.78 is 14.8. The second-order valence-corrected chi connectivity index (χ2v) is 5.96. The van der Waals surface area contributed by atoms with E-state index in [9.17, 15) is 24.5 Å². The number of carbonyl (C=O) groups is 3. The molecule has 29 heavy (non-hydrogen) atoms. The highest BCUT2D eigenvalue weighted by Gasteiger charge is 2.32. The van der Waals surface area contributed by atoms with Crippen molar-refractivity contribution in [3.05, 3.63) is 39.9 Å². The maximum absolute atomic E-state index is 12.1. The first kappa shape index (κ1) is 24.0. The number of amides is 2. The second kappa shape index (κ2) is 12.4. The standard InChI is InChI=1S/C18H25N3O8/c1-3-29-16(23)10-14(12-4-6-13(7-5-12)21(25)26)17(18(19)24)20-15(22)11-28-9-8-27-2/h4-7,14,17H,3,8-11H2,1-2H3,(H2,19,24)(H,20,22)/t14-,17+/m1/s1. The molecule has 0 heterocycles. The van der Waals surface area contributed by atoms with E-state index in [1.807, 2.05) is 0 Å². The lowest BCUT2D eigenvalue weighted by atomic mass is 9.87. The third-order valence-corrected chi connectivity index (χ3v) is 3.91. The first-order valence-electron chi connectivity index (χ1n) is 8.85. The Morgan fingerprint density at radius 1 is 1.21 bits per heavy atom. The number of hydrogen-bond donors (Lipinski definition) is 2. The van der Waals surface area contributed by atoms with Crippen LogP contribution in [0.15, 0.2) is 24.3 Å². The lowest BCUT2D eigenvalue weighted by Crippen LogP contribution is -2.49. The van der Waals surface area contributed by atoms with Crippen molar-refractivity contribution in [1.82, 2.24) is 5.32 Å². The molecule has 1 aromatic rings. The number of nitrogens with zero attached hydrogens (tertiary/aromatic N) is 1. The van der Waals surface area contributed by atoms with E-state index in [-0.39, 0.29) is 31.9 Å². The van der Waals surface area contributed by atoms with Gasteiger partial charge in [-0.05, 0) is 12.5 Å². The Balaban J connectivity index is 3.04. The topological polar surface area (TPSA) is 160 Å². The maximum atomic E-state index is 12.1. The molecule has 0 fully saturated rings. The Morgan fingerprint density at radius 2 is 1.86 bits per heavy atom. The van der Waals surface area contributed by atoms with Gasteiger partial charge in [-0.25, -0.2) is 0 Å². The smallest absolute Gasteiger partial charge is 0.306 e. The molecular formula is C18H25N3O8. The van der Waals surface area contributed by atoms with Crippen molar-refractivity contribution < 1.29 is 33.5 Å². The summed E-state index contributed by atoms with van der Waals surface area (Å²) in [6, 6.07) is 4.03. The number of nitrogens with one attached hydrogen (secondary N) is 1. The van der Waals surface area contributed by atoms with Crippen molar-refractivity contribution in [2.24, 2.45) is 5.73 Å². The van der Waals surface area contributed by atoms with Gasteiger partial charge in [0, 0.05) is 25.2 Å². The van der Waals surface area contributed by atoms with Crippen LogP contribution >= 0.6 is 0 Å². The lowest BCUT2D eigenvalue weighted by Gasteiger charge is -2.25. The van der Waals surface area contributed by atoms with Gasteiger partial charge in [-0.3, -0.25) is 24.5 Å². The van der Waals surface area contributed by atoms with E-state index >= 15 is 0 Å². The van der Waals surface area contributed by atoms with Crippen molar-refractivity contribution in [1.29, 1.82) is 0 Å². The molecular weight excluding hydrogens is 386 g/mol. The van der Waals surface area contributed by atoms with Crippen molar-refractivity contribution in [2.45, 2.75) is 25.3 Å². The molecule has 0 aliphatic carbocycles. The van der Waals surface area contributed by atoms with Gasteiger partial charge in [0.2, 0.25) is 11.8 Å². The number of esters is 1. The number of rotatable bonds is 13. The minimum Gasteiger partial charge on any atom is -0.466 e. The van der Waals surface area contributed by atoms with Crippen molar-refractivity contribution in [2.75, 3.05) is 33.5 Å². The van der Waals surface area contributed by atoms with Gasteiger partial charge in [0.25, 0.3) is 5.69 Å². The number of hydrogen-bond acceptors (Lipinski definition) is 8. The molecule has 0 aromatic heterocycles. The molecule has 1 aromatic carbocycles. The summed E-state index contributed by atoms with van der Waals surface area (Å²) in [5.74, 6) is -2.97. The van der Waals surface area contributed by atoms with Gasteiger partial charge in [-0.15, -0.1) is 0 Å². The molecule has 3 N–H and O–H groups in total. The number of nitro groups is 1. The highest BCUT2D eigenvalue weighted by molar-refractivity contribution is 5.88. The van der Waals surface area contributed by atoms with Crippen LogP contribution in [0.2, 0.25) is 0 Å². The molecule has 0 unspecified atom stereocenters. The molecule has 2 atom stereocenters. The van der Waals surface area contributed by atoms with Crippen LogP contribution in [0.4, 0.5) is 5.69 Å². The van der Waals surface area contributed by atoms with Gasteiger partial charge in [0.05, 0.1) is 31.2 Å². The zero-order valence-electron chi connectivity index (χ0n) is 16.3. The zero-order valence-corrected chi connectivity index (χ0v) is 16.3. The van der Waals surface area contributed by atoms with E-state index in [1.165, 1.54) is 31.4 Å². The van der Waals surface area contributed by atoms with Crippen LogP contribution in [-0.2, 0) is 28.6 Å². The third-order valence-electron chi connectivity index (χ3n) is 3.91. The fourth-order valence-electron chi connectivity index (χ4n) is 2.56. The van der Waals surface area contributed by atoms with Gasteiger partial charge in [-0.2, -0.15) is 0 Å². The van der Waals surface area contributed by atoms with Crippen molar-refractivity contribution >= 4 is 23.5 Å². The zero-order chi connectivity index (χ0) is 21.8. The number of methoxy groups -OCH3 is 1. The number of nitrogens with two attached hydrogens (primary N) is 1. The van der Waals surface area contributed by atoms with Crippen LogP contribution < -0.4 is 11.1 Å². The Labute approximate surface area is 167 Å². The molecule has 11 heteroatoms. The van der Waals surface area contributed by atoms with E-state index in [0.29, 0.717) is 12.2 Å². The van der Waals surface area contributed by atoms with Gasteiger partial charge in [-0.1, -0.05) is 12.1 Å². The third kappa shape index (κ3) is 8.23. The lowest BCUT2D eigenvalue weighted by molar-refractivity contribution is -0.384. The molecule has 0 spiro atoms. The van der Waals surface area contributed by atoms with Crippen LogP contribution in [0.5, 0.6) is 0 Å². The highest BCUT2D eigenvalue weighted by atomic mass is 16.6. The fraction of sp³-hybridized carbons (Fsp3) is 0.500. The van der Waals surface area contributed by atoms with E-state index < -0.39 is 34.7 Å². The fourth-order valence-corrected chi connectivity index (χ4v) is 2.56. The molecule has 1 rings (SSSR count). The molecule has 0 bridgehead atoms. The van der Waals surface area contributed by atoms with Crippen LogP contribution in [0.1, 0.15) is 24.8 Å². The van der Waals surface area contributed by atoms with Crippen molar-refractivity contribution in [3.8, 4) is 0 Å². The molecule has 2 amide bonds. The Morgan fingerprint density at radius 3 is 2.38 bits per heavy atom. The van der Waals surface area contributed by atoms with E-state index in [1.54, 1.807) is 6.92 Å². The quantitative estimate of drug-likeness (QED) is 0.202. The number of benzene rings is 1. The molecule has 0 aliphatic rings. The highest BCUT2D eigenvalue weighted by Crippen LogP contribution is 2.26. The summed E-state index contributed by atoms with van der Waals surface area (Å²) in [7, 11) is 1.48. The maximum Gasteiger partial charge on any atom is 0.306 e. The van der Waals surface area contributed by atoms with Gasteiger partial charge in [0.1, 0.15) is 12.6 Å². The normalized spacial score (nSPS) is 12.6. The predicted molar refractivity (Wildman–Crippen MR) is 101 cm³/mol. The summed E-state index contributed by atoms with van der Waals surface area (Å²) in [6.07, 6.45) is -0.260. The predicted octanol–water partition coefficient (Wildman–Crippen LogP) is 0.265. The average molecular weight is 411 g/mol. The monoisotopic (exact) mass is 411 g/mol. The van der Waals surface area contributed by atoms with E-state index in [4.69, 9.17) is 19.9 Å². The molecule has 0 radical (unpaired) electrons. The molecule has 0 saturated heterocycles. The second-order valence-electron chi connectivity index (χ2n) is 5.96. The van der Waals surface area contributed by atoms with Gasteiger partial charge >= 0.3 is 5.97 Å². The largest absolute Gasteiger partial charge is 0.466 e. The van der Waals surface area contributed by atoms with Crippen LogP contribution in [0, 0.1) is 10.1 Å². The average Bonchev–Trinajstić information content (AvgIpc) is 2.68. The van der Waals surface area contributed by atoms with Gasteiger partial charge < -0.3 is 25.3 Å². The molecule has 0 saturated carbocycles. The van der Waals surface area contributed by atoms with Crippen molar-refractivity contribution in [3.63, 3.8) is 0 Å². The number of nitro benzene ring substituents is 1. The van der Waals surface area contributed by atoms with E-state index in [0.717, 1.165) is 0 Å². The minimum atomic E-state index is -1.25. The summed E-state index contributed by atoms with van der Waals surface area (Å²) in [5, 5.41) is 13.3. The Bertz CT molecular complexity index is 708. The Kier molecular flexibility index (Phi) is 10.3. The van der Waals surface area contributed by atoms with Gasteiger partial charge in [0.15, 0.2) is 0 Å². The first-order valence-corrected chi connectivity index (χ1v) is 8.85. The Hall–Kier alpha value is -3.05. The molecule has 160 valence electrons. The summed E-state index contributed by atoms with van der Waals surface area (Å²) in [5.41, 5.74) is 5.71. The summed E-state index contributed by atoms with van der Waals surface area (Å²) in [6.45, 7) is 1.90. The molecule has 0 aliphatic heterocycles. The first-order chi connectivity index (χ1) is 13.8. The number of primary amides is 1. The SMILES string of the molecule is CCOC(=O)C[C@H](c1ccc([N+](=O)[O-])cc1)[C@H](NC(=O)COCCOC)C(N)=O. The summed E-state index contributed by atoms with van der Waals surface area (Å²) >= 11 is 0. The van der Waals surface area contributed by atoms with E-state index in [2.05, 4.69) is 5.32 Å². The summed E-state index contributed by atoms with van der Waals surface area (Å²) in [4.78, 5) is 46.5. The number of carbonyl (C=O) groups excluding carboxylic acids is 3. The van der Waals surface area contributed by atoms with Crippen LogP contribution in [-0.4, -0.2) is 62.3 Å². The van der Waals surface area contributed by atoms with Crippen LogP contribution in [0.3, 0.4) is 0 Å². The number of non-ortho nitro benzene ring substituents is 1. The minimum absolute atomic E-state index is 0.132.